The number of aromatic nitrogens is 2. The highest BCUT2D eigenvalue weighted by atomic mass is 16.3. The zero-order chi connectivity index (χ0) is 11.9. The predicted octanol–water partition coefficient (Wildman–Crippen LogP) is 1.28. The topological polar surface area (TPSA) is 72.0 Å². The standard InChI is InChI=1S/C13H19N3O/c14-7-13(6-9-1-2-10(13)5-9)12(17)11-3-4-15-8-16-11/h3-4,8-10,12,17H,1-2,5-7,14H2. The molecule has 2 bridgehead atoms. The average Bonchev–Trinajstić information content (AvgIpc) is 2.99. The van der Waals surface area contributed by atoms with Crippen LogP contribution in [0.15, 0.2) is 18.6 Å². The quantitative estimate of drug-likeness (QED) is 0.824. The van der Waals surface area contributed by atoms with E-state index in [1.54, 1.807) is 12.3 Å². The highest BCUT2D eigenvalue weighted by molar-refractivity contribution is 5.13. The van der Waals surface area contributed by atoms with E-state index in [1.807, 2.05) is 0 Å². The lowest BCUT2D eigenvalue weighted by Crippen LogP contribution is -2.41. The van der Waals surface area contributed by atoms with Crippen LogP contribution in [0.3, 0.4) is 0 Å². The minimum Gasteiger partial charge on any atom is -0.386 e. The van der Waals surface area contributed by atoms with Crippen molar-refractivity contribution in [2.24, 2.45) is 23.0 Å². The Kier molecular flexibility index (Phi) is 2.64. The molecule has 4 unspecified atom stereocenters. The summed E-state index contributed by atoms with van der Waals surface area (Å²) >= 11 is 0. The van der Waals surface area contributed by atoms with Gasteiger partial charge in [-0.2, -0.15) is 0 Å². The first-order valence-corrected chi connectivity index (χ1v) is 6.40. The molecule has 0 radical (unpaired) electrons. The van der Waals surface area contributed by atoms with Crippen LogP contribution in [0.25, 0.3) is 0 Å². The molecule has 2 fully saturated rings. The summed E-state index contributed by atoms with van der Waals surface area (Å²) in [4.78, 5) is 8.08. The maximum Gasteiger partial charge on any atom is 0.115 e. The van der Waals surface area contributed by atoms with E-state index >= 15 is 0 Å². The van der Waals surface area contributed by atoms with Crippen LogP contribution in [-0.4, -0.2) is 21.6 Å². The van der Waals surface area contributed by atoms with Crippen LogP contribution in [0, 0.1) is 17.3 Å². The molecule has 4 atom stereocenters. The van der Waals surface area contributed by atoms with Crippen molar-refractivity contribution in [3.8, 4) is 0 Å². The Morgan fingerprint density at radius 3 is 2.94 bits per heavy atom. The monoisotopic (exact) mass is 233 g/mol. The summed E-state index contributed by atoms with van der Waals surface area (Å²) < 4.78 is 0. The number of rotatable bonds is 3. The van der Waals surface area contributed by atoms with Crippen molar-refractivity contribution in [3.05, 3.63) is 24.3 Å². The molecule has 1 aromatic heterocycles. The molecule has 0 aromatic carbocycles. The van der Waals surface area contributed by atoms with Gasteiger partial charge in [-0.1, -0.05) is 6.42 Å². The Morgan fingerprint density at radius 2 is 2.41 bits per heavy atom. The van der Waals surface area contributed by atoms with Crippen molar-refractivity contribution < 1.29 is 5.11 Å². The summed E-state index contributed by atoms with van der Waals surface area (Å²) in [6.45, 7) is 0.555. The van der Waals surface area contributed by atoms with E-state index in [0.29, 0.717) is 12.5 Å². The van der Waals surface area contributed by atoms with Crippen LogP contribution >= 0.6 is 0 Å². The van der Waals surface area contributed by atoms with Gasteiger partial charge in [-0.3, -0.25) is 0 Å². The van der Waals surface area contributed by atoms with E-state index in [0.717, 1.165) is 18.0 Å². The van der Waals surface area contributed by atoms with Crippen molar-refractivity contribution in [3.63, 3.8) is 0 Å². The second-order valence-corrected chi connectivity index (χ2v) is 5.55. The highest BCUT2D eigenvalue weighted by Gasteiger charge is 2.54. The molecule has 4 nitrogen and oxygen atoms in total. The molecule has 0 spiro atoms. The maximum atomic E-state index is 10.6. The highest BCUT2D eigenvalue weighted by Crippen LogP contribution is 2.60. The number of fused-ring (bicyclic) bond motifs is 2. The lowest BCUT2D eigenvalue weighted by molar-refractivity contribution is -0.0158. The van der Waals surface area contributed by atoms with Crippen molar-refractivity contribution in [1.82, 2.24) is 9.97 Å². The average molecular weight is 233 g/mol. The third-order valence-electron chi connectivity index (χ3n) is 4.83. The Labute approximate surface area is 101 Å². The molecule has 2 saturated carbocycles. The molecule has 4 heteroatoms. The Hall–Kier alpha value is -1.00. The van der Waals surface area contributed by atoms with Gasteiger partial charge in [0.05, 0.1) is 5.69 Å². The summed E-state index contributed by atoms with van der Waals surface area (Å²) in [7, 11) is 0. The third kappa shape index (κ3) is 1.58. The van der Waals surface area contributed by atoms with Crippen LogP contribution in [0.1, 0.15) is 37.5 Å². The number of aliphatic hydroxyl groups excluding tert-OH is 1. The number of hydrogen-bond donors (Lipinski definition) is 2. The fourth-order valence-corrected chi connectivity index (χ4v) is 3.94. The van der Waals surface area contributed by atoms with E-state index in [1.165, 1.54) is 25.6 Å². The summed E-state index contributed by atoms with van der Waals surface area (Å²) in [5, 5.41) is 10.6. The van der Waals surface area contributed by atoms with Gasteiger partial charge < -0.3 is 10.8 Å². The number of nitrogens with two attached hydrogens (primary N) is 1. The molecular weight excluding hydrogens is 214 g/mol. The van der Waals surface area contributed by atoms with Crippen LogP contribution in [0.4, 0.5) is 0 Å². The second-order valence-electron chi connectivity index (χ2n) is 5.55. The van der Waals surface area contributed by atoms with Gasteiger partial charge >= 0.3 is 0 Å². The number of nitrogens with zero attached hydrogens (tertiary/aromatic N) is 2. The van der Waals surface area contributed by atoms with E-state index < -0.39 is 6.10 Å². The molecule has 0 aliphatic heterocycles. The largest absolute Gasteiger partial charge is 0.386 e. The van der Waals surface area contributed by atoms with Gasteiger partial charge in [0.25, 0.3) is 0 Å². The van der Waals surface area contributed by atoms with Gasteiger partial charge in [0.1, 0.15) is 12.4 Å². The fourth-order valence-electron chi connectivity index (χ4n) is 3.94. The molecule has 0 amide bonds. The Balaban J connectivity index is 1.91. The molecule has 3 rings (SSSR count). The van der Waals surface area contributed by atoms with Gasteiger partial charge in [-0.05, 0) is 37.2 Å². The van der Waals surface area contributed by atoms with Crippen LogP contribution in [0.2, 0.25) is 0 Å². The van der Waals surface area contributed by atoms with Crippen LogP contribution in [0.5, 0.6) is 0 Å². The van der Waals surface area contributed by atoms with Crippen molar-refractivity contribution in [2.75, 3.05) is 6.54 Å². The van der Waals surface area contributed by atoms with Gasteiger partial charge in [0.15, 0.2) is 0 Å². The fraction of sp³-hybridized carbons (Fsp3) is 0.692. The first kappa shape index (κ1) is 11.1. The first-order chi connectivity index (χ1) is 8.26. The summed E-state index contributed by atoms with van der Waals surface area (Å²) in [5.41, 5.74) is 6.57. The lowest BCUT2D eigenvalue weighted by Gasteiger charge is -2.40. The second kappa shape index (κ2) is 4.03. The lowest BCUT2D eigenvalue weighted by atomic mass is 9.68. The third-order valence-corrected chi connectivity index (χ3v) is 4.83. The Morgan fingerprint density at radius 1 is 1.53 bits per heavy atom. The maximum absolute atomic E-state index is 10.6. The smallest absolute Gasteiger partial charge is 0.115 e. The summed E-state index contributed by atoms with van der Waals surface area (Å²) in [6.07, 6.45) is 7.45. The molecule has 1 aromatic rings. The predicted molar refractivity (Wildman–Crippen MR) is 63.9 cm³/mol. The van der Waals surface area contributed by atoms with E-state index in [2.05, 4.69) is 9.97 Å². The minimum absolute atomic E-state index is 0.142. The minimum atomic E-state index is -0.536. The van der Waals surface area contributed by atoms with Crippen LogP contribution in [-0.2, 0) is 0 Å². The molecule has 1 heterocycles. The van der Waals surface area contributed by atoms with Crippen molar-refractivity contribution in [2.45, 2.75) is 31.8 Å². The van der Waals surface area contributed by atoms with Gasteiger partial charge in [-0.25, -0.2) is 9.97 Å². The van der Waals surface area contributed by atoms with E-state index in [4.69, 9.17) is 5.73 Å². The molecule has 2 aliphatic rings. The SMILES string of the molecule is NCC1(C(O)c2ccncn2)CC2CCC1C2. The van der Waals surface area contributed by atoms with Gasteiger partial charge in [0, 0.05) is 18.2 Å². The molecule has 0 saturated heterocycles. The molecule has 92 valence electrons. The molecule has 2 aliphatic carbocycles. The summed E-state index contributed by atoms with van der Waals surface area (Å²) in [6, 6.07) is 1.80. The molecular formula is C13H19N3O. The van der Waals surface area contributed by atoms with Crippen molar-refractivity contribution in [1.29, 1.82) is 0 Å². The van der Waals surface area contributed by atoms with E-state index in [9.17, 15) is 5.11 Å². The zero-order valence-electron chi connectivity index (χ0n) is 9.92. The Bertz CT molecular complexity index is 397. The van der Waals surface area contributed by atoms with Crippen molar-refractivity contribution >= 4 is 0 Å². The number of aliphatic hydroxyl groups is 1. The normalized spacial score (nSPS) is 37.3. The first-order valence-electron chi connectivity index (χ1n) is 6.40. The molecule has 3 N–H and O–H groups in total. The van der Waals surface area contributed by atoms with Gasteiger partial charge in [-0.15, -0.1) is 0 Å². The van der Waals surface area contributed by atoms with Crippen LogP contribution < -0.4 is 5.73 Å². The van der Waals surface area contributed by atoms with Gasteiger partial charge in [0.2, 0.25) is 0 Å². The zero-order valence-corrected chi connectivity index (χ0v) is 9.92. The summed E-state index contributed by atoms with van der Waals surface area (Å²) in [5.74, 6) is 1.34. The van der Waals surface area contributed by atoms with E-state index in [-0.39, 0.29) is 5.41 Å². The molecule has 17 heavy (non-hydrogen) atoms. The number of hydrogen-bond acceptors (Lipinski definition) is 4.